The van der Waals surface area contributed by atoms with Gasteiger partial charge in [-0.15, -0.1) is 0 Å². The van der Waals surface area contributed by atoms with Crippen LogP contribution in [0.1, 0.15) is 31.4 Å². The van der Waals surface area contributed by atoms with Crippen molar-refractivity contribution in [3.8, 4) is 6.07 Å². The number of hydrogen-bond acceptors (Lipinski definition) is 4. The third-order valence-electron chi connectivity index (χ3n) is 3.34. The van der Waals surface area contributed by atoms with E-state index in [0.29, 0.717) is 19.5 Å². The Labute approximate surface area is 113 Å². The minimum atomic E-state index is -0.109. The second-order valence-corrected chi connectivity index (χ2v) is 4.75. The van der Waals surface area contributed by atoms with Crippen molar-refractivity contribution in [2.75, 3.05) is 13.1 Å². The van der Waals surface area contributed by atoms with E-state index in [1.54, 1.807) is 17.2 Å². The Morgan fingerprint density at radius 2 is 2.47 bits per heavy atom. The number of piperidine rings is 1. The van der Waals surface area contributed by atoms with Crippen molar-refractivity contribution in [2.24, 2.45) is 0 Å². The molecule has 2 rings (SSSR count). The molecule has 0 aliphatic carbocycles. The summed E-state index contributed by atoms with van der Waals surface area (Å²) in [7, 11) is 0. The monoisotopic (exact) mass is 261 g/mol. The molecule has 5 heteroatoms. The molecule has 0 spiro atoms. The van der Waals surface area contributed by atoms with Crippen LogP contribution in [0.15, 0.2) is 22.8 Å². The minimum Gasteiger partial charge on any atom is -0.467 e. The quantitative estimate of drug-likeness (QED) is 0.875. The van der Waals surface area contributed by atoms with Gasteiger partial charge in [0.2, 0.25) is 5.91 Å². The fourth-order valence-electron chi connectivity index (χ4n) is 2.33. The molecular formula is C14H19N3O2. The van der Waals surface area contributed by atoms with Gasteiger partial charge in [0.15, 0.2) is 0 Å². The second-order valence-electron chi connectivity index (χ2n) is 4.75. The normalized spacial score (nSPS) is 18.8. The van der Waals surface area contributed by atoms with Crippen molar-refractivity contribution in [3.63, 3.8) is 0 Å². The van der Waals surface area contributed by atoms with Crippen LogP contribution in [0.5, 0.6) is 0 Å². The SMILES string of the molecule is N#CCCN(Cc1ccco1)C(=O)[C@@H]1CCCCN1. The Balaban J connectivity index is 1.99. The molecule has 19 heavy (non-hydrogen) atoms. The van der Waals surface area contributed by atoms with E-state index in [4.69, 9.17) is 9.68 Å². The molecule has 0 bridgehead atoms. The number of hydrogen-bond donors (Lipinski definition) is 1. The van der Waals surface area contributed by atoms with E-state index < -0.39 is 0 Å². The zero-order valence-electron chi connectivity index (χ0n) is 11.0. The van der Waals surface area contributed by atoms with Gasteiger partial charge in [0, 0.05) is 6.54 Å². The number of nitrogens with zero attached hydrogens (tertiary/aromatic N) is 2. The van der Waals surface area contributed by atoms with Crippen LogP contribution in [0, 0.1) is 11.3 Å². The topological polar surface area (TPSA) is 69.3 Å². The summed E-state index contributed by atoms with van der Waals surface area (Å²) in [6.45, 7) is 1.78. The van der Waals surface area contributed by atoms with Crippen LogP contribution in [0.25, 0.3) is 0 Å². The molecule has 0 saturated carbocycles. The zero-order valence-corrected chi connectivity index (χ0v) is 11.0. The number of amides is 1. The lowest BCUT2D eigenvalue weighted by Gasteiger charge is -2.29. The predicted molar refractivity (Wildman–Crippen MR) is 70.0 cm³/mol. The molecule has 1 saturated heterocycles. The Morgan fingerprint density at radius 1 is 1.58 bits per heavy atom. The number of nitrogens with one attached hydrogen (secondary N) is 1. The Morgan fingerprint density at radius 3 is 3.11 bits per heavy atom. The van der Waals surface area contributed by atoms with Gasteiger partial charge in [-0.2, -0.15) is 5.26 Å². The number of nitriles is 1. The average Bonchev–Trinajstić information content (AvgIpc) is 2.96. The maximum Gasteiger partial charge on any atom is 0.240 e. The van der Waals surface area contributed by atoms with E-state index in [1.165, 1.54) is 0 Å². The highest BCUT2D eigenvalue weighted by atomic mass is 16.3. The van der Waals surface area contributed by atoms with E-state index in [0.717, 1.165) is 31.6 Å². The van der Waals surface area contributed by atoms with Gasteiger partial charge in [0.1, 0.15) is 5.76 Å². The van der Waals surface area contributed by atoms with E-state index in [1.807, 2.05) is 6.07 Å². The van der Waals surface area contributed by atoms with E-state index in [2.05, 4.69) is 11.4 Å². The first-order chi connectivity index (χ1) is 9.31. The highest BCUT2D eigenvalue weighted by Crippen LogP contribution is 2.13. The smallest absolute Gasteiger partial charge is 0.240 e. The molecule has 1 aliphatic heterocycles. The van der Waals surface area contributed by atoms with Gasteiger partial charge in [-0.1, -0.05) is 6.42 Å². The molecule has 1 amide bonds. The molecule has 1 aliphatic rings. The predicted octanol–water partition coefficient (Wildman–Crippen LogP) is 1.66. The third-order valence-corrected chi connectivity index (χ3v) is 3.34. The average molecular weight is 261 g/mol. The highest BCUT2D eigenvalue weighted by molar-refractivity contribution is 5.82. The van der Waals surface area contributed by atoms with Crippen LogP contribution in [0.2, 0.25) is 0 Å². The van der Waals surface area contributed by atoms with Crippen molar-refractivity contribution in [2.45, 2.75) is 38.3 Å². The van der Waals surface area contributed by atoms with Crippen molar-refractivity contribution in [1.29, 1.82) is 5.26 Å². The molecule has 1 N–H and O–H groups in total. The molecule has 2 heterocycles. The fourth-order valence-corrected chi connectivity index (χ4v) is 2.33. The van der Waals surface area contributed by atoms with Gasteiger partial charge in [0.05, 0.1) is 31.3 Å². The summed E-state index contributed by atoms with van der Waals surface area (Å²) >= 11 is 0. The van der Waals surface area contributed by atoms with Crippen LogP contribution in [-0.2, 0) is 11.3 Å². The Kier molecular flexibility index (Phi) is 4.99. The van der Waals surface area contributed by atoms with Crippen LogP contribution >= 0.6 is 0 Å². The molecule has 0 unspecified atom stereocenters. The first-order valence-corrected chi connectivity index (χ1v) is 6.73. The third kappa shape index (κ3) is 3.83. The summed E-state index contributed by atoms with van der Waals surface area (Å²) < 4.78 is 5.28. The van der Waals surface area contributed by atoms with E-state index in [-0.39, 0.29) is 11.9 Å². The Bertz CT molecular complexity index is 430. The minimum absolute atomic E-state index is 0.0753. The fraction of sp³-hybridized carbons (Fsp3) is 0.571. The van der Waals surface area contributed by atoms with Gasteiger partial charge in [-0.25, -0.2) is 0 Å². The summed E-state index contributed by atoms with van der Waals surface area (Å²) in [5, 5.41) is 12.0. The molecule has 1 aromatic heterocycles. The van der Waals surface area contributed by atoms with Crippen LogP contribution in [0.4, 0.5) is 0 Å². The van der Waals surface area contributed by atoms with Crippen molar-refractivity contribution >= 4 is 5.91 Å². The zero-order chi connectivity index (χ0) is 13.5. The van der Waals surface area contributed by atoms with Crippen molar-refractivity contribution < 1.29 is 9.21 Å². The van der Waals surface area contributed by atoms with Gasteiger partial charge in [-0.3, -0.25) is 4.79 Å². The molecule has 1 atom stereocenters. The number of carbonyl (C=O) groups excluding carboxylic acids is 1. The molecule has 102 valence electrons. The Hall–Kier alpha value is -1.80. The molecule has 0 aromatic carbocycles. The van der Waals surface area contributed by atoms with E-state index in [9.17, 15) is 4.79 Å². The lowest BCUT2D eigenvalue weighted by atomic mass is 10.0. The number of furan rings is 1. The summed E-state index contributed by atoms with van der Waals surface area (Å²) in [5.74, 6) is 0.827. The molecule has 1 aromatic rings. The maximum atomic E-state index is 12.4. The first-order valence-electron chi connectivity index (χ1n) is 6.73. The summed E-state index contributed by atoms with van der Waals surface area (Å²) in [4.78, 5) is 14.2. The first kappa shape index (κ1) is 13.6. The van der Waals surface area contributed by atoms with Gasteiger partial charge in [-0.05, 0) is 31.5 Å². The lowest BCUT2D eigenvalue weighted by molar-refractivity contribution is -0.134. The lowest BCUT2D eigenvalue weighted by Crippen LogP contribution is -2.48. The van der Waals surface area contributed by atoms with Crippen LogP contribution in [-0.4, -0.2) is 29.9 Å². The van der Waals surface area contributed by atoms with Gasteiger partial charge >= 0.3 is 0 Å². The number of carbonyl (C=O) groups is 1. The van der Waals surface area contributed by atoms with Gasteiger partial charge in [0.25, 0.3) is 0 Å². The second kappa shape index (κ2) is 6.95. The summed E-state index contributed by atoms with van der Waals surface area (Å²) in [5.41, 5.74) is 0. The summed E-state index contributed by atoms with van der Waals surface area (Å²) in [6.07, 6.45) is 5.02. The van der Waals surface area contributed by atoms with Crippen molar-refractivity contribution in [3.05, 3.63) is 24.2 Å². The highest BCUT2D eigenvalue weighted by Gasteiger charge is 2.25. The molecule has 5 nitrogen and oxygen atoms in total. The standard InChI is InChI=1S/C14H19N3O2/c15-7-4-9-17(11-12-5-3-10-19-12)14(18)13-6-1-2-8-16-13/h3,5,10,13,16H,1-2,4,6,8-9,11H2/t13-/m0/s1. The van der Waals surface area contributed by atoms with E-state index >= 15 is 0 Å². The summed E-state index contributed by atoms with van der Waals surface area (Å²) in [6, 6.07) is 5.64. The van der Waals surface area contributed by atoms with Crippen molar-refractivity contribution in [1.82, 2.24) is 10.2 Å². The van der Waals surface area contributed by atoms with Crippen LogP contribution < -0.4 is 5.32 Å². The largest absolute Gasteiger partial charge is 0.467 e. The number of rotatable bonds is 5. The van der Waals surface area contributed by atoms with Gasteiger partial charge < -0.3 is 14.6 Å². The van der Waals surface area contributed by atoms with Crippen LogP contribution in [0.3, 0.4) is 0 Å². The molecular weight excluding hydrogens is 242 g/mol. The molecule has 0 radical (unpaired) electrons. The molecule has 1 fully saturated rings. The maximum absolute atomic E-state index is 12.4.